The van der Waals surface area contributed by atoms with Crippen LogP contribution >= 0.6 is 0 Å². The van der Waals surface area contributed by atoms with Gasteiger partial charge in [-0.05, 0) is 123 Å². The van der Waals surface area contributed by atoms with Gasteiger partial charge in [-0.2, -0.15) is 15.3 Å². The number of fused-ring (bicyclic) bond motifs is 9. The molecule has 495 valence electrons. The van der Waals surface area contributed by atoms with Crippen molar-refractivity contribution in [3.8, 4) is 51.2 Å². The summed E-state index contributed by atoms with van der Waals surface area (Å²) in [5.41, 5.74) is 15.1. The first-order chi connectivity index (χ1) is 46.3. The molecule has 0 bridgehead atoms. The number of hydrogen-bond donors (Lipinski definition) is 0. The zero-order valence-electron chi connectivity index (χ0n) is 55.2. The minimum Gasteiger partial charge on any atom is -0.354 e. The second kappa shape index (κ2) is 29.4. The normalized spacial score (nSPS) is 14.6. The Balaban J connectivity index is 0.000000129. The Morgan fingerprint density at radius 2 is 0.691 bits per heavy atom. The molecule has 3 aliphatic carbocycles. The van der Waals surface area contributed by atoms with Gasteiger partial charge in [0.15, 0.2) is 0 Å². The fourth-order valence-corrected chi connectivity index (χ4v) is 15.7. The molecule has 3 radical (unpaired) electrons. The number of aromatic nitrogens is 12. The third kappa shape index (κ3) is 12.8. The summed E-state index contributed by atoms with van der Waals surface area (Å²) < 4.78 is 13.5. The number of nitrogens with zero attached hydrogens (tertiary/aromatic N) is 12. The zero-order valence-corrected chi connectivity index (χ0v) is 62.4. The van der Waals surface area contributed by atoms with E-state index in [9.17, 15) is 0 Å². The maximum atomic E-state index is 4.56. The van der Waals surface area contributed by atoms with Gasteiger partial charge in [-0.15, -0.1) is 105 Å². The van der Waals surface area contributed by atoms with Crippen LogP contribution in [0.15, 0.2) is 194 Å². The van der Waals surface area contributed by atoms with Crippen LogP contribution in [0.4, 0.5) is 0 Å². The third-order valence-electron chi connectivity index (χ3n) is 20.6. The third-order valence-corrected chi connectivity index (χ3v) is 20.6. The molecule has 97 heavy (non-hydrogen) atoms. The van der Waals surface area contributed by atoms with Crippen LogP contribution in [0.25, 0.3) is 117 Å². The minimum atomic E-state index is 0. The van der Waals surface area contributed by atoms with Crippen LogP contribution in [0.1, 0.15) is 137 Å². The van der Waals surface area contributed by atoms with E-state index in [1.807, 2.05) is 18.5 Å². The van der Waals surface area contributed by atoms with E-state index in [2.05, 4.69) is 280 Å². The summed E-state index contributed by atoms with van der Waals surface area (Å²) in [5.74, 6) is 6.94. The van der Waals surface area contributed by atoms with Crippen LogP contribution < -0.4 is 0 Å². The van der Waals surface area contributed by atoms with E-state index in [0.29, 0.717) is 17.9 Å². The Bertz CT molecular complexity index is 5100. The van der Waals surface area contributed by atoms with Crippen LogP contribution in [0, 0.1) is 32.0 Å². The Morgan fingerprint density at radius 1 is 0.330 bits per heavy atom. The molecule has 0 N–H and O–H groups in total. The smallest absolute Gasteiger partial charge is 0.126 e. The molecule has 6 aromatic heterocycles. The van der Waals surface area contributed by atoms with Crippen molar-refractivity contribution in [1.82, 2.24) is 58.0 Å². The summed E-state index contributed by atoms with van der Waals surface area (Å²) in [4.78, 5) is 0. The number of benzene rings is 9. The molecule has 3 aliphatic rings. The fourth-order valence-electron chi connectivity index (χ4n) is 15.7. The average molecular weight is 1810 g/mol. The quantitative estimate of drug-likeness (QED) is 0.133. The van der Waals surface area contributed by atoms with E-state index in [-0.39, 0.29) is 60.3 Å². The van der Waals surface area contributed by atoms with Gasteiger partial charge < -0.3 is 27.4 Å². The maximum absolute atomic E-state index is 4.56. The predicted octanol–water partition coefficient (Wildman–Crippen LogP) is 19.8. The van der Waals surface area contributed by atoms with Crippen LogP contribution in [0.3, 0.4) is 0 Å². The summed E-state index contributed by atoms with van der Waals surface area (Å²) in [7, 11) is 4.08. The molecular formula is C82H77Ir3N12-3. The van der Waals surface area contributed by atoms with Gasteiger partial charge >= 0.3 is 0 Å². The van der Waals surface area contributed by atoms with Crippen molar-refractivity contribution < 1.29 is 60.3 Å². The summed E-state index contributed by atoms with van der Waals surface area (Å²) in [6.07, 6.45) is 19.5. The van der Waals surface area contributed by atoms with Crippen molar-refractivity contribution >= 4 is 65.4 Å². The van der Waals surface area contributed by atoms with Crippen molar-refractivity contribution in [2.45, 2.75) is 128 Å². The number of rotatable bonds is 9. The summed E-state index contributed by atoms with van der Waals surface area (Å²) >= 11 is 0. The van der Waals surface area contributed by atoms with Gasteiger partial charge in [-0.3, -0.25) is 0 Å². The van der Waals surface area contributed by atoms with Gasteiger partial charge in [0.05, 0.1) is 17.5 Å². The van der Waals surface area contributed by atoms with Gasteiger partial charge in [-0.25, -0.2) is 0 Å². The Hall–Kier alpha value is -8.25. The molecule has 3 fully saturated rings. The summed E-state index contributed by atoms with van der Waals surface area (Å²) in [6.45, 7) is 4.03. The second-order valence-electron chi connectivity index (χ2n) is 26.2. The van der Waals surface area contributed by atoms with E-state index in [1.54, 1.807) is 0 Å². The molecule has 15 aromatic rings. The first-order valence-electron chi connectivity index (χ1n) is 34.1. The zero-order chi connectivity index (χ0) is 63.2. The molecule has 0 spiro atoms. The Labute approximate surface area is 607 Å². The SMILES string of the molecule is Cc1nnc(-c2[c-]cc(-n3c4ccccc4c4cc(C5CCCCC5)ccc43)cc2)n1C.Cc1nnc(-c2[c-]cc(-n3c4ccccc4c4ccccc43)cc2)n1C1CCCCC1.Cn1c(-c2[c-]cc(-n3c4ccccc4c4ccccc43)cc2)nnc1C1CCCCC1.[Ir].[Ir].[Ir]. The monoisotopic (exact) mass is 1810 g/mol. The van der Waals surface area contributed by atoms with E-state index < -0.39 is 0 Å². The molecule has 12 nitrogen and oxygen atoms in total. The van der Waals surface area contributed by atoms with E-state index in [4.69, 9.17) is 0 Å². The van der Waals surface area contributed by atoms with E-state index in [0.717, 1.165) is 68.7 Å². The van der Waals surface area contributed by atoms with Crippen molar-refractivity contribution in [2.24, 2.45) is 14.1 Å². The van der Waals surface area contributed by atoms with Crippen LogP contribution in [-0.4, -0.2) is 58.0 Å². The second-order valence-corrected chi connectivity index (χ2v) is 26.2. The Kier molecular flexibility index (Phi) is 20.4. The summed E-state index contributed by atoms with van der Waals surface area (Å²) in [5, 5.41) is 34.3. The van der Waals surface area contributed by atoms with Crippen LogP contribution in [-0.2, 0) is 74.4 Å². The Morgan fingerprint density at radius 3 is 1.11 bits per heavy atom. The molecule has 3 saturated carbocycles. The largest absolute Gasteiger partial charge is 0.354 e. The van der Waals surface area contributed by atoms with Crippen molar-refractivity contribution in [3.63, 3.8) is 0 Å². The number of para-hydroxylation sites is 5. The standard InChI is InChI=1S/C28H27N4.2C27H25N4.3Ir/c1-19-29-30-28(31(19)2)21-12-15-23(16-13-21)32-26-11-7-6-10-24(26)25-18-22(14-17-27(25)32)20-8-4-3-5-9-20;1-30-26(19-9-3-2-4-10-19)28-29-27(30)20-15-17-21(18-16-20)31-24-13-7-5-11-22(24)23-12-6-8-14-25(23)31;1-19-28-29-27(30(19)21-9-3-2-4-10-21)20-15-17-22(18-16-20)31-25-13-7-5-11-23(25)24-12-6-8-14-26(24)31;;;/h6-7,10-12,14-18,20H,3-5,8-9H2,1-2H3;5-8,11-15,17-19H,2-4,9-10H2,1H3;5-8,11-15,17-18,21H,2-4,9-10H2,1H3;;;/q3*-1;;;. The first kappa shape index (κ1) is 67.3. The van der Waals surface area contributed by atoms with Crippen molar-refractivity contribution in [1.29, 1.82) is 0 Å². The number of hydrogen-bond acceptors (Lipinski definition) is 6. The van der Waals surface area contributed by atoms with Crippen LogP contribution in [0.2, 0.25) is 0 Å². The molecule has 0 aliphatic heterocycles. The van der Waals surface area contributed by atoms with E-state index >= 15 is 0 Å². The molecule has 18 rings (SSSR count). The minimum absolute atomic E-state index is 0. The average Bonchev–Trinajstić information content (AvgIpc) is 1.61. The molecule has 15 heteroatoms. The van der Waals surface area contributed by atoms with Crippen molar-refractivity contribution in [2.75, 3.05) is 0 Å². The molecule has 0 saturated heterocycles. The maximum Gasteiger partial charge on any atom is 0.126 e. The molecular weight excluding hydrogens is 1730 g/mol. The summed E-state index contributed by atoms with van der Waals surface area (Å²) in [6, 6.07) is 80.2. The molecule has 0 unspecified atom stereocenters. The molecule has 6 heterocycles. The first-order valence-corrected chi connectivity index (χ1v) is 34.1. The van der Waals surface area contributed by atoms with E-state index in [1.165, 1.54) is 167 Å². The van der Waals surface area contributed by atoms with Gasteiger partial charge in [0.2, 0.25) is 0 Å². The predicted molar refractivity (Wildman–Crippen MR) is 381 cm³/mol. The van der Waals surface area contributed by atoms with Gasteiger partial charge in [-0.1, -0.05) is 155 Å². The molecule has 0 atom stereocenters. The van der Waals surface area contributed by atoms with Crippen LogP contribution in [0.5, 0.6) is 0 Å². The molecule has 9 aromatic carbocycles. The molecule has 0 amide bonds. The topological polar surface area (TPSA) is 107 Å². The van der Waals surface area contributed by atoms with Crippen molar-refractivity contribution in [3.05, 3.63) is 235 Å². The number of aryl methyl sites for hydroxylation is 2. The fraction of sp³-hybridized carbons (Fsp3) is 0.268. The van der Waals surface area contributed by atoms with Gasteiger partial charge in [0.25, 0.3) is 0 Å². The van der Waals surface area contributed by atoms with Gasteiger partial charge in [0, 0.05) is 152 Å². The van der Waals surface area contributed by atoms with Gasteiger partial charge in [0.1, 0.15) is 17.5 Å².